The van der Waals surface area contributed by atoms with Gasteiger partial charge in [-0.05, 0) is 24.1 Å². The molecule has 2 aromatic rings. The summed E-state index contributed by atoms with van der Waals surface area (Å²) >= 11 is 0. The van der Waals surface area contributed by atoms with E-state index >= 15 is 0 Å². The third-order valence-electron chi connectivity index (χ3n) is 3.38. The van der Waals surface area contributed by atoms with E-state index in [4.69, 9.17) is 5.26 Å². The second kappa shape index (κ2) is 7.91. The minimum absolute atomic E-state index is 0.0496. The highest BCUT2D eigenvalue weighted by Crippen LogP contribution is 2.18. The predicted octanol–water partition coefficient (Wildman–Crippen LogP) is 1.85. The van der Waals surface area contributed by atoms with Gasteiger partial charge in [0.05, 0.1) is 5.56 Å². The molecule has 0 saturated carbocycles. The van der Waals surface area contributed by atoms with Crippen molar-refractivity contribution in [3.05, 3.63) is 65.5 Å². The largest absolute Gasteiger partial charge is 0.396 e. The van der Waals surface area contributed by atoms with Crippen LogP contribution in [0, 0.1) is 11.3 Å². The Morgan fingerprint density at radius 3 is 2.64 bits per heavy atom. The van der Waals surface area contributed by atoms with Crippen LogP contribution in [0.15, 0.2) is 48.7 Å². The van der Waals surface area contributed by atoms with Gasteiger partial charge in [0.25, 0.3) is 5.91 Å². The Morgan fingerprint density at radius 2 is 2.05 bits per heavy atom. The van der Waals surface area contributed by atoms with E-state index in [1.54, 1.807) is 6.07 Å². The number of benzene rings is 1. The minimum atomic E-state index is -0.289. The Kier molecular flexibility index (Phi) is 5.64. The van der Waals surface area contributed by atoms with Crippen LogP contribution in [0.3, 0.4) is 0 Å². The highest BCUT2D eigenvalue weighted by molar-refractivity contribution is 5.92. The maximum Gasteiger partial charge on any atom is 0.269 e. The highest BCUT2D eigenvalue weighted by Gasteiger charge is 2.14. The molecule has 0 aliphatic rings. The van der Waals surface area contributed by atoms with Gasteiger partial charge in [-0.2, -0.15) is 5.26 Å². The summed E-state index contributed by atoms with van der Waals surface area (Å²) in [5.41, 5.74) is 1.76. The predicted molar refractivity (Wildman–Crippen MR) is 82.2 cm³/mol. The van der Waals surface area contributed by atoms with Crippen molar-refractivity contribution in [1.29, 1.82) is 5.26 Å². The van der Waals surface area contributed by atoms with Gasteiger partial charge in [-0.3, -0.25) is 4.79 Å². The quantitative estimate of drug-likeness (QED) is 0.851. The van der Waals surface area contributed by atoms with E-state index < -0.39 is 0 Å². The van der Waals surface area contributed by atoms with Gasteiger partial charge in [-0.15, -0.1) is 0 Å². The summed E-state index contributed by atoms with van der Waals surface area (Å²) in [7, 11) is 0. The number of nitrogens with one attached hydrogen (secondary N) is 1. The van der Waals surface area contributed by atoms with Gasteiger partial charge in [0.2, 0.25) is 0 Å². The SMILES string of the molecule is N#Cc1ccc(C(=O)NCC(CCO)c2ccccc2)nc1. The van der Waals surface area contributed by atoms with Crippen LogP contribution in [0.5, 0.6) is 0 Å². The first-order valence-electron chi connectivity index (χ1n) is 7.04. The fourth-order valence-corrected chi connectivity index (χ4v) is 2.17. The molecule has 112 valence electrons. The van der Waals surface area contributed by atoms with Crippen molar-refractivity contribution in [3.8, 4) is 6.07 Å². The van der Waals surface area contributed by atoms with Crippen LogP contribution in [0.4, 0.5) is 0 Å². The minimum Gasteiger partial charge on any atom is -0.396 e. The lowest BCUT2D eigenvalue weighted by molar-refractivity contribution is 0.0944. The van der Waals surface area contributed by atoms with Crippen molar-refractivity contribution in [1.82, 2.24) is 10.3 Å². The first-order valence-corrected chi connectivity index (χ1v) is 7.04. The maximum absolute atomic E-state index is 12.1. The molecule has 0 bridgehead atoms. The number of aliphatic hydroxyl groups is 1. The molecule has 2 N–H and O–H groups in total. The summed E-state index contributed by atoms with van der Waals surface area (Å²) < 4.78 is 0. The number of aromatic nitrogens is 1. The molecule has 1 aromatic carbocycles. The van der Waals surface area contributed by atoms with Crippen LogP contribution >= 0.6 is 0 Å². The summed E-state index contributed by atoms with van der Waals surface area (Å²) in [4.78, 5) is 16.0. The summed E-state index contributed by atoms with van der Waals surface area (Å²) in [6.45, 7) is 0.482. The fraction of sp³-hybridized carbons (Fsp3) is 0.235. The number of carbonyl (C=O) groups is 1. The zero-order chi connectivity index (χ0) is 15.8. The topological polar surface area (TPSA) is 86.0 Å². The van der Waals surface area contributed by atoms with E-state index in [2.05, 4.69) is 10.3 Å². The molecular weight excluding hydrogens is 278 g/mol. The van der Waals surface area contributed by atoms with Gasteiger partial charge in [0, 0.05) is 25.3 Å². The molecule has 1 aromatic heterocycles. The summed E-state index contributed by atoms with van der Waals surface area (Å²) in [5.74, 6) is -0.239. The first-order chi connectivity index (χ1) is 10.7. The fourth-order valence-electron chi connectivity index (χ4n) is 2.17. The molecule has 1 atom stereocenters. The van der Waals surface area contributed by atoms with Gasteiger partial charge in [0.1, 0.15) is 11.8 Å². The molecule has 1 heterocycles. The van der Waals surface area contributed by atoms with Gasteiger partial charge >= 0.3 is 0 Å². The molecular formula is C17H17N3O2. The van der Waals surface area contributed by atoms with Crippen LogP contribution in [0.25, 0.3) is 0 Å². The Hall–Kier alpha value is -2.71. The van der Waals surface area contributed by atoms with E-state index in [0.29, 0.717) is 18.5 Å². The smallest absolute Gasteiger partial charge is 0.269 e. The lowest BCUT2D eigenvalue weighted by Gasteiger charge is -2.17. The molecule has 5 heteroatoms. The number of amides is 1. The zero-order valence-electron chi connectivity index (χ0n) is 12.1. The van der Waals surface area contributed by atoms with Crippen molar-refractivity contribution >= 4 is 5.91 Å². The Bertz CT molecular complexity index is 648. The van der Waals surface area contributed by atoms with E-state index in [9.17, 15) is 9.90 Å². The van der Waals surface area contributed by atoms with E-state index in [0.717, 1.165) is 5.56 Å². The van der Waals surface area contributed by atoms with Crippen molar-refractivity contribution in [3.63, 3.8) is 0 Å². The van der Waals surface area contributed by atoms with Gasteiger partial charge in [-0.1, -0.05) is 30.3 Å². The van der Waals surface area contributed by atoms with E-state index in [1.807, 2.05) is 36.4 Å². The number of aliphatic hydroxyl groups excluding tert-OH is 1. The molecule has 0 saturated heterocycles. The number of hydrogen-bond donors (Lipinski definition) is 2. The second-order valence-corrected chi connectivity index (χ2v) is 4.87. The monoisotopic (exact) mass is 295 g/mol. The lowest BCUT2D eigenvalue weighted by Crippen LogP contribution is -2.29. The van der Waals surface area contributed by atoms with E-state index in [1.165, 1.54) is 12.3 Å². The summed E-state index contributed by atoms with van der Waals surface area (Å²) in [6.07, 6.45) is 1.95. The third kappa shape index (κ3) is 4.14. The summed E-state index contributed by atoms with van der Waals surface area (Å²) in [5, 5.41) is 20.7. The molecule has 0 aliphatic carbocycles. The van der Waals surface area contributed by atoms with Crippen molar-refractivity contribution < 1.29 is 9.90 Å². The number of nitriles is 1. The first kappa shape index (κ1) is 15.7. The van der Waals surface area contributed by atoms with Crippen molar-refractivity contribution in [2.45, 2.75) is 12.3 Å². The van der Waals surface area contributed by atoms with Gasteiger partial charge < -0.3 is 10.4 Å². The number of nitrogens with zero attached hydrogens (tertiary/aromatic N) is 2. The van der Waals surface area contributed by atoms with Crippen molar-refractivity contribution in [2.24, 2.45) is 0 Å². The number of carbonyl (C=O) groups excluding carboxylic acids is 1. The van der Waals surface area contributed by atoms with Crippen molar-refractivity contribution in [2.75, 3.05) is 13.2 Å². The molecule has 5 nitrogen and oxygen atoms in total. The molecule has 0 spiro atoms. The summed E-state index contributed by atoms with van der Waals surface area (Å²) in [6, 6.07) is 14.8. The number of pyridine rings is 1. The van der Waals surface area contributed by atoms with Crippen LogP contribution in [0.2, 0.25) is 0 Å². The molecule has 1 unspecified atom stereocenters. The van der Waals surface area contributed by atoms with Gasteiger partial charge in [0.15, 0.2) is 0 Å². The normalized spacial score (nSPS) is 11.5. The number of hydrogen-bond acceptors (Lipinski definition) is 4. The Morgan fingerprint density at radius 1 is 1.27 bits per heavy atom. The second-order valence-electron chi connectivity index (χ2n) is 4.87. The molecule has 2 rings (SSSR count). The lowest BCUT2D eigenvalue weighted by atomic mass is 9.96. The third-order valence-corrected chi connectivity index (χ3v) is 3.38. The Labute approximate surface area is 129 Å². The van der Waals surface area contributed by atoms with Crippen LogP contribution in [-0.4, -0.2) is 29.1 Å². The Balaban J connectivity index is 1.99. The average molecular weight is 295 g/mol. The van der Waals surface area contributed by atoms with Crippen LogP contribution in [-0.2, 0) is 0 Å². The molecule has 1 amide bonds. The van der Waals surface area contributed by atoms with Crippen LogP contribution in [0.1, 0.15) is 34.0 Å². The highest BCUT2D eigenvalue weighted by atomic mass is 16.3. The molecule has 0 fully saturated rings. The molecule has 0 aliphatic heterocycles. The van der Waals surface area contributed by atoms with E-state index in [-0.39, 0.29) is 24.1 Å². The van der Waals surface area contributed by atoms with Gasteiger partial charge in [-0.25, -0.2) is 4.98 Å². The average Bonchev–Trinajstić information content (AvgIpc) is 2.59. The maximum atomic E-state index is 12.1. The standard InChI is InChI=1S/C17H17N3O2/c18-10-13-6-7-16(19-11-13)17(22)20-12-15(8-9-21)14-4-2-1-3-5-14/h1-7,11,15,21H,8-9,12H2,(H,20,22). The molecule has 22 heavy (non-hydrogen) atoms. The van der Waals surface area contributed by atoms with Crippen LogP contribution < -0.4 is 5.32 Å². The number of rotatable bonds is 6. The zero-order valence-corrected chi connectivity index (χ0v) is 12.1. The molecule has 0 radical (unpaired) electrons.